The molecular formula is C14H16O3. The van der Waals surface area contributed by atoms with Crippen LogP contribution in [0, 0.1) is 0 Å². The van der Waals surface area contributed by atoms with Crippen molar-refractivity contribution in [3.8, 4) is 0 Å². The first-order valence-corrected chi connectivity index (χ1v) is 5.98. The predicted molar refractivity (Wildman–Crippen MR) is 63.6 cm³/mol. The predicted octanol–water partition coefficient (Wildman–Crippen LogP) is 2.24. The van der Waals surface area contributed by atoms with Crippen molar-refractivity contribution in [2.75, 3.05) is 6.61 Å². The Morgan fingerprint density at radius 2 is 2.06 bits per heavy atom. The van der Waals surface area contributed by atoms with E-state index in [1.54, 1.807) is 6.92 Å². The second-order valence-corrected chi connectivity index (χ2v) is 4.27. The minimum atomic E-state index is -1.04. The van der Waals surface area contributed by atoms with Crippen molar-refractivity contribution in [3.63, 3.8) is 0 Å². The fraction of sp³-hybridized carbons (Fsp3) is 0.429. The van der Waals surface area contributed by atoms with Crippen LogP contribution in [-0.2, 0) is 19.7 Å². The van der Waals surface area contributed by atoms with Gasteiger partial charge in [0.2, 0.25) is 0 Å². The van der Waals surface area contributed by atoms with Gasteiger partial charge in [-0.25, -0.2) is 0 Å². The number of carbonyl (C=O) groups excluding carboxylic acids is 2. The molecule has 0 N–H and O–H groups in total. The Morgan fingerprint density at radius 3 is 2.59 bits per heavy atom. The lowest BCUT2D eigenvalue weighted by molar-refractivity contribution is -0.153. The minimum Gasteiger partial charge on any atom is -0.465 e. The molecule has 0 spiro atoms. The first kappa shape index (κ1) is 11.8. The van der Waals surface area contributed by atoms with Gasteiger partial charge in [-0.15, -0.1) is 0 Å². The Hall–Kier alpha value is -1.64. The normalized spacial score (nSPS) is 23.7. The highest BCUT2D eigenvalue weighted by Gasteiger charge is 2.51. The summed E-state index contributed by atoms with van der Waals surface area (Å²) in [6.07, 6.45) is 1.79. The average molecular weight is 232 g/mol. The van der Waals surface area contributed by atoms with Gasteiger partial charge in [-0.1, -0.05) is 30.3 Å². The van der Waals surface area contributed by atoms with Gasteiger partial charge in [0.15, 0.2) is 11.2 Å². The summed E-state index contributed by atoms with van der Waals surface area (Å²) >= 11 is 0. The van der Waals surface area contributed by atoms with E-state index in [-0.39, 0.29) is 5.78 Å². The Kier molecular flexibility index (Phi) is 3.27. The number of Topliss-reactive ketones (excluding diaryl/α,β-unsaturated/α-hetero) is 1. The highest BCUT2D eigenvalue weighted by atomic mass is 16.5. The van der Waals surface area contributed by atoms with Crippen LogP contribution in [-0.4, -0.2) is 18.4 Å². The van der Waals surface area contributed by atoms with Crippen molar-refractivity contribution < 1.29 is 14.3 Å². The van der Waals surface area contributed by atoms with Crippen LogP contribution < -0.4 is 0 Å². The number of esters is 1. The van der Waals surface area contributed by atoms with Crippen LogP contribution in [0.4, 0.5) is 0 Å². The van der Waals surface area contributed by atoms with Crippen LogP contribution >= 0.6 is 0 Å². The number of rotatable bonds is 3. The van der Waals surface area contributed by atoms with Crippen molar-refractivity contribution in [2.24, 2.45) is 0 Å². The summed E-state index contributed by atoms with van der Waals surface area (Å²) in [6.45, 7) is 2.07. The number of hydrogen-bond acceptors (Lipinski definition) is 3. The van der Waals surface area contributed by atoms with Gasteiger partial charge in [0, 0.05) is 6.42 Å². The molecule has 0 amide bonds. The largest absolute Gasteiger partial charge is 0.465 e. The molecule has 17 heavy (non-hydrogen) atoms. The molecule has 1 saturated carbocycles. The average Bonchev–Trinajstić information content (AvgIpc) is 2.73. The van der Waals surface area contributed by atoms with Gasteiger partial charge < -0.3 is 4.74 Å². The van der Waals surface area contributed by atoms with Gasteiger partial charge in [0.1, 0.15) is 0 Å². The van der Waals surface area contributed by atoms with Gasteiger partial charge in [0.25, 0.3) is 0 Å². The van der Waals surface area contributed by atoms with Crippen LogP contribution in [0.3, 0.4) is 0 Å². The molecule has 1 aromatic carbocycles. The molecule has 1 unspecified atom stereocenters. The molecule has 90 valence electrons. The van der Waals surface area contributed by atoms with Crippen molar-refractivity contribution in [2.45, 2.75) is 31.6 Å². The molecule has 0 heterocycles. The summed E-state index contributed by atoms with van der Waals surface area (Å²) < 4.78 is 5.09. The van der Waals surface area contributed by atoms with Crippen molar-refractivity contribution >= 4 is 11.8 Å². The van der Waals surface area contributed by atoms with Gasteiger partial charge in [-0.05, 0) is 25.3 Å². The third-order valence-electron chi connectivity index (χ3n) is 3.32. The number of ether oxygens (including phenoxy) is 1. The summed E-state index contributed by atoms with van der Waals surface area (Å²) in [4.78, 5) is 24.2. The van der Waals surface area contributed by atoms with Crippen molar-refractivity contribution in [1.29, 1.82) is 0 Å². The number of carbonyl (C=O) groups is 2. The fourth-order valence-corrected chi connectivity index (χ4v) is 2.48. The molecule has 3 heteroatoms. The maximum Gasteiger partial charge on any atom is 0.324 e. The summed E-state index contributed by atoms with van der Waals surface area (Å²) in [6, 6.07) is 9.24. The van der Waals surface area contributed by atoms with E-state index < -0.39 is 11.4 Å². The van der Waals surface area contributed by atoms with E-state index in [9.17, 15) is 9.59 Å². The quantitative estimate of drug-likeness (QED) is 0.593. The van der Waals surface area contributed by atoms with E-state index in [0.29, 0.717) is 19.4 Å². The third-order valence-corrected chi connectivity index (χ3v) is 3.32. The van der Waals surface area contributed by atoms with E-state index in [1.165, 1.54) is 0 Å². The summed E-state index contributed by atoms with van der Waals surface area (Å²) in [5.74, 6) is -0.407. The van der Waals surface area contributed by atoms with Gasteiger partial charge in [-0.3, -0.25) is 9.59 Å². The van der Waals surface area contributed by atoms with Crippen LogP contribution in [0.1, 0.15) is 31.7 Å². The van der Waals surface area contributed by atoms with Crippen LogP contribution in [0.2, 0.25) is 0 Å². The molecule has 1 aromatic rings. The number of benzene rings is 1. The number of ketones is 1. The third kappa shape index (κ3) is 1.86. The molecule has 3 nitrogen and oxygen atoms in total. The molecule has 0 aromatic heterocycles. The lowest BCUT2D eigenvalue weighted by Gasteiger charge is -2.25. The van der Waals surface area contributed by atoms with Gasteiger partial charge in [-0.2, -0.15) is 0 Å². The van der Waals surface area contributed by atoms with Gasteiger partial charge >= 0.3 is 5.97 Å². The van der Waals surface area contributed by atoms with E-state index in [4.69, 9.17) is 4.74 Å². The lowest BCUT2D eigenvalue weighted by atomic mass is 9.78. The Morgan fingerprint density at radius 1 is 1.35 bits per heavy atom. The van der Waals surface area contributed by atoms with E-state index in [1.807, 2.05) is 30.3 Å². The van der Waals surface area contributed by atoms with Crippen LogP contribution in [0.25, 0.3) is 0 Å². The number of hydrogen-bond donors (Lipinski definition) is 0. The molecular weight excluding hydrogens is 216 g/mol. The molecule has 1 aliphatic carbocycles. The maximum absolute atomic E-state index is 12.1. The zero-order chi connectivity index (χ0) is 12.3. The van der Waals surface area contributed by atoms with Crippen molar-refractivity contribution in [3.05, 3.63) is 35.9 Å². The molecule has 0 radical (unpaired) electrons. The molecule has 1 aliphatic rings. The SMILES string of the molecule is CCOC(=O)C1(c2ccccc2)CCCC1=O. The maximum atomic E-state index is 12.1. The summed E-state index contributed by atoms with van der Waals surface area (Å²) in [7, 11) is 0. The van der Waals surface area contributed by atoms with E-state index in [2.05, 4.69) is 0 Å². The highest BCUT2D eigenvalue weighted by Crippen LogP contribution is 2.39. The highest BCUT2D eigenvalue weighted by molar-refractivity contribution is 6.11. The standard InChI is InChI=1S/C14H16O3/c1-2-17-13(16)14(10-6-9-12(14)15)11-7-4-3-5-8-11/h3-5,7-8H,2,6,9-10H2,1H3. The lowest BCUT2D eigenvalue weighted by Crippen LogP contribution is -2.41. The second kappa shape index (κ2) is 4.70. The van der Waals surface area contributed by atoms with Crippen LogP contribution in [0.5, 0.6) is 0 Å². The monoisotopic (exact) mass is 232 g/mol. The Labute approximate surface area is 101 Å². The molecule has 2 rings (SSSR count). The summed E-state index contributed by atoms with van der Waals surface area (Å²) in [5.41, 5.74) is -0.280. The van der Waals surface area contributed by atoms with E-state index >= 15 is 0 Å². The zero-order valence-electron chi connectivity index (χ0n) is 9.94. The molecule has 0 bridgehead atoms. The van der Waals surface area contributed by atoms with Crippen LogP contribution in [0.15, 0.2) is 30.3 Å². The van der Waals surface area contributed by atoms with Gasteiger partial charge in [0.05, 0.1) is 6.61 Å². The topological polar surface area (TPSA) is 43.4 Å². The molecule has 1 atom stereocenters. The van der Waals surface area contributed by atoms with Crippen molar-refractivity contribution in [1.82, 2.24) is 0 Å². The summed E-state index contributed by atoms with van der Waals surface area (Å²) in [5, 5.41) is 0. The Bertz CT molecular complexity index is 424. The molecule has 1 fully saturated rings. The minimum absolute atomic E-state index is 0.0119. The van der Waals surface area contributed by atoms with E-state index in [0.717, 1.165) is 12.0 Å². The molecule has 0 saturated heterocycles. The smallest absolute Gasteiger partial charge is 0.324 e. The Balaban J connectivity index is 2.45. The first-order valence-electron chi connectivity index (χ1n) is 5.98. The fourth-order valence-electron chi connectivity index (χ4n) is 2.48. The molecule has 0 aliphatic heterocycles. The first-order chi connectivity index (χ1) is 8.21. The second-order valence-electron chi connectivity index (χ2n) is 4.27. The zero-order valence-corrected chi connectivity index (χ0v) is 9.94.